The first kappa shape index (κ1) is 22.3. The Morgan fingerprint density at radius 2 is 1.91 bits per heavy atom. The minimum absolute atomic E-state index is 0.121. The lowest BCUT2D eigenvalue weighted by molar-refractivity contribution is -0.129. The second-order valence-corrected chi connectivity index (χ2v) is 9.40. The lowest BCUT2D eigenvalue weighted by atomic mass is 9.86. The summed E-state index contributed by atoms with van der Waals surface area (Å²) in [4.78, 5) is 20.0. The third-order valence-corrected chi connectivity index (χ3v) is 7.04. The molecule has 5 rings (SSSR count). The number of aromatic nitrogens is 3. The van der Waals surface area contributed by atoms with Gasteiger partial charge in [0, 0.05) is 49.2 Å². The zero-order valence-corrected chi connectivity index (χ0v) is 20.2. The van der Waals surface area contributed by atoms with Crippen molar-refractivity contribution in [2.45, 2.75) is 38.1 Å². The molecule has 34 heavy (non-hydrogen) atoms. The number of carbonyl (C=O) groups is 1. The summed E-state index contributed by atoms with van der Waals surface area (Å²) < 4.78 is 12.5. The van der Waals surface area contributed by atoms with Gasteiger partial charge >= 0.3 is 0 Å². The molecule has 1 N–H and O–H groups in total. The largest absolute Gasteiger partial charge is 0.497 e. The molecule has 0 bridgehead atoms. The van der Waals surface area contributed by atoms with Gasteiger partial charge in [-0.05, 0) is 55.5 Å². The molecule has 4 heterocycles. The van der Waals surface area contributed by atoms with Gasteiger partial charge in [0.05, 0.1) is 32.4 Å². The van der Waals surface area contributed by atoms with Gasteiger partial charge in [0.25, 0.3) is 0 Å². The molecule has 0 radical (unpaired) electrons. The van der Waals surface area contributed by atoms with Gasteiger partial charge in [0.15, 0.2) is 0 Å². The van der Waals surface area contributed by atoms with Gasteiger partial charge in [-0.1, -0.05) is 0 Å². The highest BCUT2D eigenvalue weighted by molar-refractivity contribution is 5.80. The van der Waals surface area contributed by atoms with Crippen LogP contribution < -0.4 is 14.8 Å². The minimum atomic E-state index is -0.121. The van der Waals surface area contributed by atoms with E-state index in [-0.39, 0.29) is 11.4 Å². The van der Waals surface area contributed by atoms with Crippen LogP contribution in [0.3, 0.4) is 0 Å². The summed E-state index contributed by atoms with van der Waals surface area (Å²) in [7, 11) is 5.16. The second-order valence-electron chi connectivity index (χ2n) is 9.40. The number of hydrogen-bond acceptors (Lipinski definition) is 6. The molecule has 0 aliphatic carbocycles. The molecule has 1 aromatic carbocycles. The van der Waals surface area contributed by atoms with E-state index in [9.17, 15) is 4.79 Å². The number of fused-ring (bicyclic) bond motifs is 1. The highest BCUT2D eigenvalue weighted by Gasteiger charge is 2.42. The number of ether oxygens (including phenoxy) is 2. The fourth-order valence-electron chi connectivity index (χ4n) is 5.13. The van der Waals surface area contributed by atoms with Crippen LogP contribution in [-0.4, -0.2) is 58.4 Å². The van der Waals surface area contributed by atoms with E-state index in [1.807, 2.05) is 54.1 Å². The minimum Gasteiger partial charge on any atom is -0.497 e. The Bertz CT molecular complexity index is 1210. The predicted octanol–water partition coefficient (Wildman–Crippen LogP) is 3.38. The van der Waals surface area contributed by atoms with Crippen molar-refractivity contribution in [1.82, 2.24) is 19.7 Å². The van der Waals surface area contributed by atoms with Crippen molar-refractivity contribution in [3.05, 3.63) is 53.5 Å². The molecular formula is C26H31N5O3. The van der Waals surface area contributed by atoms with Crippen molar-refractivity contribution >= 4 is 11.7 Å². The zero-order valence-electron chi connectivity index (χ0n) is 20.2. The molecule has 0 saturated carbocycles. The predicted molar refractivity (Wildman–Crippen MR) is 130 cm³/mol. The van der Waals surface area contributed by atoms with Crippen molar-refractivity contribution in [2.24, 2.45) is 7.05 Å². The molecule has 2 aliphatic heterocycles. The third-order valence-electron chi connectivity index (χ3n) is 7.04. The van der Waals surface area contributed by atoms with Crippen LogP contribution in [0.4, 0.5) is 5.82 Å². The number of anilines is 1. The standard InChI is InChI=1S/C26H31N5O3/c1-17-23(20-14-27-30(2)15-20)12-19-5-6-26(29-25(19)28-17)7-8-31(16-26)24(32)11-18-9-21(33-3)13-22(10-18)34-4/h9-10,12-15H,5-8,11,16H2,1-4H3,(H,28,29)/t26-/m1/s1. The van der Waals surface area contributed by atoms with Crippen LogP contribution >= 0.6 is 0 Å². The molecule has 8 nitrogen and oxygen atoms in total. The summed E-state index contributed by atoms with van der Waals surface area (Å²) in [6.45, 7) is 3.48. The molecule has 2 aliphatic rings. The smallest absolute Gasteiger partial charge is 0.227 e. The normalized spacial score (nSPS) is 19.1. The van der Waals surface area contributed by atoms with Crippen LogP contribution in [0.25, 0.3) is 11.1 Å². The summed E-state index contributed by atoms with van der Waals surface area (Å²) in [5.41, 5.74) is 5.19. The average molecular weight is 462 g/mol. The number of amides is 1. The van der Waals surface area contributed by atoms with E-state index in [1.54, 1.807) is 14.2 Å². The number of aryl methyl sites for hydroxylation is 3. The summed E-state index contributed by atoms with van der Waals surface area (Å²) >= 11 is 0. The lowest BCUT2D eigenvalue weighted by Crippen LogP contribution is -2.45. The van der Waals surface area contributed by atoms with Crippen molar-refractivity contribution in [3.63, 3.8) is 0 Å². The van der Waals surface area contributed by atoms with E-state index in [1.165, 1.54) is 5.56 Å². The Morgan fingerprint density at radius 1 is 1.15 bits per heavy atom. The maximum atomic E-state index is 13.1. The van der Waals surface area contributed by atoms with Crippen LogP contribution in [0.5, 0.6) is 11.5 Å². The van der Waals surface area contributed by atoms with E-state index in [2.05, 4.69) is 16.5 Å². The van der Waals surface area contributed by atoms with E-state index < -0.39 is 0 Å². The second kappa shape index (κ2) is 8.66. The highest BCUT2D eigenvalue weighted by atomic mass is 16.5. The Kier molecular flexibility index (Phi) is 5.67. The molecule has 8 heteroatoms. The van der Waals surface area contributed by atoms with E-state index in [4.69, 9.17) is 14.5 Å². The molecule has 2 aromatic heterocycles. The summed E-state index contributed by atoms with van der Waals surface area (Å²) in [6, 6.07) is 7.85. The molecule has 1 atom stereocenters. The average Bonchev–Trinajstić information content (AvgIpc) is 3.45. The number of likely N-dealkylation sites (tertiary alicyclic amines) is 1. The Morgan fingerprint density at radius 3 is 2.59 bits per heavy atom. The lowest BCUT2D eigenvalue weighted by Gasteiger charge is -2.36. The number of pyridine rings is 1. The molecule has 0 unspecified atom stereocenters. The van der Waals surface area contributed by atoms with Gasteiger partial charge in [-0.25, -0.2) is 4.98 Å². The molecule has 3 aromatic rings. The Hall–Kier alpha value is -3.55. The topological polar surface area (TPSA) is 81.5 Å². The SMILES string of the molecule is COc1cc(CC(=O)N2CC[C@]3(CCc4cc(-c5cnn(C)c5)c(C)nc4N3)C2)cc(OC)c1. The fourth-order valence-corrected chi connectivity index (χ4v) is 5.13. The van der Waals surface area contributed by atoms with E-state index in [0.717, 1.165) is 54.0 Å². The van der Waals surface area contributed by atoms with Crippen molar-refractivity contribution < 1.29 is 14.3 Å². The molecule has 1 saturated heterocycles. The molecule has 1 amide bonds. The monoisotopic (exact) mass is 461 g/mol. The number of rotatable bonds is 5. The third kappa shape index (κ3) is 4.20. The number of benzene rings is 1. The van der Waals surface area contributed by atoms with Crippen LogP contribution in [0.1, 0.15) is 29.7 Å². The molecule has 1 spiro atoms. The Balaban J connectivity index is 1.29. The van der Waals surface area contributed by atoms with E-state index in [0.29, 0.717) is 24.5 Å². The summed E-state index contributed by atoms with van der Waals surface area (Å²) in [5, 5.41) is 8.02. The van der Waals surface area contributed by atoms with Gasteiger partial charge in [-0.3, -0.25) is 9.48 Å². The number of nitrogens with zero attached hydrogens (tertiary/aromatic N) is 4. The Labute approximate surface area is 199 Å². The maximum Gasteiger partial charge on any atom is 0.227 e. The molecule has 1 fully saturated rings. The highest BCUT2D eigenvalue weighted by Crippen LogP contribution is 2.38. The first-order valence-corrected chi connectivity index (χ1v) is 11.7. The number of hydrogen-bond donors (Lipinski definition) is 1. The zero-order chi connectivity index (χ0) is 23.9. The van der Waals surface area contributed by atoms with Crippen molar-refractivity contribution in [1.29, 1.82) is 0 Å². The fraction of sp³-hybridized carbons (Fsp3) is 0.423. The van der Waals surface area contributed by atoms with Gasteiger partial charge in [0.1, 0.15) is 17.3 Å². The van der Waals surface area contributed by atoms with Gasteiger partial charge in [-0.15, -0.1) is 0 Å². The van der Waals surface area contributed by atoms with Gasteiger partial charge < -0.3 is 19.7 Å². The summed E-state index contributed by atoms with van der Waals surface area (Å²) in [6.07, 6.45) is 7.07. The summed E-state index contributed by atoms with van der Waals surface area (Å²) in [5.74, 6) is 2.45. The van der Waals surface area contributed by atoms with Gasteiger partial charge in [0.2, 0.25) is 5.91 Å². The van der Waals surface area contributed by atoms with Crippen LogP contribution in [0, 0.1) is 6.92 Å². The van der Waals surface area contributed by atoms with Crippen molar-refractivity contribution in [3.8, 4) is 22.6 Å². The molecular weight excluding hydrogens is 430 g/mol. The number of nitrogens with one attached hydrogen (secondary N) is 1. The quantitative estimate of drug-likeness (QED) is 0.627. The van der Waals surface area contributed by atoms with E-state index >= 15 is 0 Å². The van der Waals surface area contributed by atoms with Crippen LogP contribution in [-0.2, 0) is 24.7 Å². The molecule has 178 valence electrons. The number of methoxy groups -OCH3 is 2. The van der Waals surface area contributed by atoms with Crippen LogP contribution in [0.2, 0.25) is 0 Å². The number of carbonyl (C=O) groups excluding carboxylic acids is 1. The first-order chi connectivity index (χ1) is 16.4. The van der Waals surface area contributed by atoms with Crippen LogP contribution in [0.15, 0.2) is 36.7 Å². The first-order valence-electron chi connectivity index (χ1n) is 11.7. The van der Waals surface area contributed by atoms with Gasteiger partial charge in [-0.2, -0.15) is 5.10 Å². The van der Waals surface area contributed by atoms with Crippen molar-refractivity contribution in [2.75, 3.05) is 32.6 Å². The maximum absolute atomic E-state index is 13.1.